The summed E-state index contributed by atoms with van der Waals surface area (Å²) in [6, 6.07) is 0. The van der Waals surface area contributed by atoms with E-state index in [2.05, 4.69) is 9.97 Å². The molecular formula is C10H12FN3O. The molecule has 1 fully saturated rings. The number of rotatable bonds is 3. The molecule has 0 aromatic carbocycles. The summed E-state index contributed by atoms with van der Waals surface area (Å²) in [5.41, 5.74) is 0.422. The topological polar surface area (TPSA) is 46.1 Å². The lowest BCUT2D eigenvalue weighted by molar-refractivity contribution is -0.108. The summed E-state index contributed by atoms with van der Waals surface area (Å²) in [5.74, 6) is -0.422. The molecule has 1 aromatic heterocycles. The van der Waals surface area contributed by atoms with Gasteiger partial charge in [0.05, 0.1) is 12.2 Å². The maximum Gasteiger partial charge on any atom is 0.234 e. The van der Waals surface area contributed by atoms with E-state index in [1.165, 1.54) is 12.4 Å². The average molecular weight is 209 g/mol. The highest BCUT2D eigenvalue weighted by molar-refractivity contribution is 5.52. The van der Waals surface area contributed by atoms with E-state index in [4.69, 9.17) is 0 Å². The highest BCUT2D eigenvalue weighted by atomic mass is 19.1. The molecule has 15 heavy (non-hydrogen) atoms. The second-order valence-corrected chi connectivity index (χ2v) is 3.64. The Morgan fingerprint density at radius 1 is 1.53 bits per heavy atom. The zero-order valence-corrected chi connectivity index (χ0v) is 8.27. The van der Waals surface area contributed by atoms with Crippen LogP contribution in [0.4, 0.5) is 4.39 Å². The van der Waals surface area contributed by atoms with Gasteiger partial charge in [0, 0.05) is 24.9 Å². The van der Waals surface area contributed by atoms with Crippen molar-refractivity contribution in [3.63, 3.8) is 0 Å². The first kappa shape index (κ1) is 10.2. The van der Waals surface area contributed by atoms with E-state index in [1.807, 2.05) is 4.90 Å². The molecule has 80 valence electrons. The normalized spacial score (nSPS) is 21.8. The minimum Gasteiger partial charge on any atom is -0.302 e. The summed E-state index contributed by atoms with van der Waals surface area (Å²) in [4.78, 5) is 19.9. The molecule has 0 saturated carbocycles. The van der Waals surface area contributed by atoms with Gasteiger partial charge in [0.2, 0.25) is 5.95 Å². The maximum absolute atomic E-state index is 13.3. The Labute approximate surface area is 87.1 Å². The van der Waals surface area contributed by atoms with Crippen molar-refractivity contribution in [2.75, 3.05) is 19.6 Å². The molecule has 1 unspecified atom stereocenters. The molecule has 0 bridgehead atoms. The maximum atomic E-state index is 13.3. The van der Waals surface area contributed by atoms with Crippen LogP contribution in [0.1, 0.15) is 18.0 Å². The Hall–Kier alpha value is -1.36. The number of hydrogen-bond donors (Lipinski definition) is 0. The molecule has 1 atom stereocenters. The third kappa shape index (κ3) is 2.18. The van der Waals surface area contributed by atoms with Gasteiger partial charge in [-0.25, -0.2) is 4.98 Å². The second kappa shape index (κ2) is 4.44. The van der Waals surface area contributed by atoms with Crippen LogP contribution in [0.3, 0.4) is 0 Å². The third-order valence-corrected chi connectivity index (χ3v) is 2.67. The summed E-state index contributed by atoms with van der Waals surface area (Å²) >= 11 is 0. The van der Waals surface area contributed by atoms with Crippen molar-refractivity contribution in [1.29, 1.82) is 0 Å². The number of nitrogens with zero attached hydrogens (tertiary/aromatic N) is 3. The van der Waals surface area contributed by atoms with E-state index < -0.39 is 5.95 Å². The number of carbonyl (C=O) groups is 1. The van der Waals surface area contributed by atoms with Crippen LogP contribution < -0.4 is 0 Å². The van der Waals surface area contributed by atoms with E-state index in [-0.39, 0.29) is 5.92 Å². The fourth-order valence-electron chi connectivity index (χ4n) is 1.93. The SMILES string of the molecule is O=CCN1CCC(c2nccnc2F)C1. The van der Waals surface area contributed by atoms with E-state index in [9.17, 15) is 9.18 Å². The quantitative estimate of drug-likeness (QED) is 0.684. The Morgan fingerprint density at radius 2 is 2.33 bits per heavy atom. The van der Waals surface area contributed by atoms with Crippen molar-refractivity contribution in [3.8, 4) is 0 Å². The minimum atomic E-state index is -0.490. The van der Waals surface area contributed by atoms with Gasteiger partial charge in [-0.3, -0.25) is 9.88 Å². The van der Waals surface area contributed by atoms with Crippen molar-refractivity contribution in [3.05, 3.63) is 24.0 Å². The molecule has 1 aliphatic heterocycles. The standard InChI is InChI=1S/C10H12FN3O/c11-10-9(12-2-3-13-10)8-1-4-14(7-8)5-6-15/h2-3,6,8H,1,4-5,7H2. The van der Waals surface area contributed by atoms with Crippen LogP contribution in [0.15, 0.2) is 12.4 Å². The van der Waals surface area contributed by atoms with Crippen molar-refractivity contribution < 1.29 is 9.18 Å². The fraction of sp³-hybridized carbons (Fsp3) is 0.500. The summed E-state index contributed by atoms with van der Waals surface area (Å²) in [5, 5.41) is 0. The lowest BCUT2D eigenvalue weighted by Gasteiger charge is -2.11. The summed E-state index contributed by atoms with van der Waals surface area (Å²) in [6.07, 6.45) is 4.55. The van der Waals surface area contributed by atoms with Gasteiger partial charge in [-0.1, -0.05) is 0 Å². The van der Waals surface area contributed by atoms with Crippen molar-refractivity contribution >= 4 is 6.29 Å². The lowest BCUT2D eigenvalue weighted by atomic mass is 10.1. The fourth-order valence-corrected chi connectivity index (χ4v) is 1.93. The molecule has 0 aliphatic carbocycles. The number of likely N-dealkylation sites (tertiary alicyclic amines) is 1. The molecule has 0 N–H and O–H groups in total. The number of aromatic nitrogens is 2. The third-order valence-electron chi connectivity index (χ3n) is 2.67. The molecule has 0 radical (unpaired) electrons. The van der Waals surface area contributed by atoms with Crippen LogP contribution in [-0.4, -0.2) is 40.8 Å². The van der Waals surface area contributed by atoms with Crippen molar-refractivity contribution in [1.82, 2.24) is 14.9 Å². The zero-order valence-electron chi connectivity index (χ0n) is 8.27. The van der Waals surface area contributed by atoms with Crippen molar-refractivity contribution in [2.45, 2.75) is 12.3 Å². The molecular weight excluding hydrogens is 197 g/mol. The van der Waals surface area contributed by atoms with Gasteiger partial charge in [0.15, 0.2) is 0 Å². The van der Waals surface area contributed by atoms with Crippen LogP contribution >= 0.6 is 0 Å². The first-order chi connectivity index (χ1) is 7.31. The van der Waals surface area contributed by atoms with Crippen LogP contribution in [0, 0.1) is 5.95 Å². The molecule has 4 nitrogen and oxygen atoms in total. The number of hydrogen-bond acceptors (Lipinski definition) is 4. The minimum absolute atomic E-state index is 0.0682. The first-order valence-corrected chi connectivity index (χ1v) is 4.93. The van der Waals surface area contributed by atoms with Crippen molar-refractivity contribution in [2.24, 2.45) is 0 Å². The predicted molar refractivity (Wildman–Crippen MR) is 51.9 cm³/mol. The molecule has 1 aliphatic rings. The lowest BCUT2D eigenvalue weighted by Crippen LogP contribution is -2.22. The zero-order chi connectivity index (χ0) is 10.7. The average Bonchev–Trinajstić information content (AvgIpc) is 2.68. The van der Waals surface area contributed by atoms with Gasteiger partial charge < -0.3 is 4.79 Å². The smallest absolute Gasteiger partial charge is 0.234 e. The highest BCUT2D eigenvalue weighted by Crippen LogP contribution is 2.25. The molecule has 2 rings (SSSR count). The predicted octanol–water partition coefficient (Wildman–Crippen LogP) is 0.604. The van der Waals surface area contributed by atoms with Gasteiger partial charge in [0.25, 0.3) is 0 Å². The number of halogens is 1. The van der Waals surface area contributed by atoms with E-state index >= 15 is 0 Å². The molecule has 1 saturated heterocycles. The number of aldehydes is 1. The van der Waals surface area contributed by atoms with E-state index in [0.29, 0.717) is 18.8 Å². The monoisotopic (exact) mass is 209 g/mol. The van der Waals surface area contributed by atoms with E-state index in [1.54, 1.807) is 0 Å². The van der Waals surface area contributed by atoms with Crippen LogP contribution in [0.25, 0.3) is 0 Å². The van der Waals surface area contributed by atoms with Gasteiger partial charge in [-0.2, -0.15) is 4.39 Å². The summed E-state index contributed by atoms with van der Waals surface area (Å²) in [6.45, 7) is 1.92. The molecule has 0 spiro atoms. The summed E-state index contributed by atoms with van der Waals surface area (Å²) < 4.78 is 13.3. The Kier molecular flexibility index (Phi) is 3.01. The molecule has 5 heteroatoms. The van der Waals surface area contributed by atoms with Gasteiger partial charge in [0.1, 0.15) is 6.29 Å². The Bertz CT molecular complexity index is 358. The largest absolute Gasteiger partial charge is 0.302 e. The Balaban J connectivity index is 2.07. The van der Waals surface area contributed by atoms with Crippen LogP contribution in [0.5, 0.6) is 0 Å². The van der Waals surface area contributed by atoms with Crippen LogP contribution in [-0.2, 0) is 4.79 Å². The molecule has 0 amide bonds. The molecule has 2 heterocycles. The van der Waals surface area contributed by atoms with Gasteiger partial charge in [-0.15, -0.1) is 0 Å². The van der Waals surface area contributed by atoms with E-state index in [0.717, 1.165) is 19.3 Å². The summed E-state index contributed by atoms with van der Waals surface area (Å²) in [7, 11) is 0. The van der Waals surface area contributed by atoms with Gasteiger partial charge >= 0.3 is 0 Å². The highest BCUT2D eigenvalue weighted by Gasteiger charge is 2.26. The number of carbonyl (C=O) groups excluding carboxylic acids is 1. The second-order valence-electron chi connectivity index (χ2n) is 3.64. The molecule has 1 aromatic rings. The van der Waals surface area contributed by atoms with Crippen LogP contribution in [0.2, 0.25) is 0 Å². The Morgan fingerprint density at radius 3 is 3.07 bits per heavy atom. The first-order valence-electron chi connectivity index (χ1n) is 4.93. The van der Waals surface area contributed by atoms with Gasteiger partial charge in [-0.05, 0) is 13.0 Å².